The Balaban J connectivity index is 1.23. The predicted octanol–water partition coefficient (Wildman–Crippen LogP) is 4.37. The number of aliphatic hydroxyl groups excluding tert-OH is 1. The van der Waals surface area contributed by atoms with Crippen LogP contribution >= 0.6 is 0 Å². The van der Waals surface area contributed by atoms with Crippen molar-refractivity contribution in [3.8, 4) is 17.1 Å². The monoisotopic (exact) mass is 487 g/mol. The summed E-state index contributed by atoms with van der Waals surface area (Å²) in [5, 5.41) is 13.0. The number of anilines is 1. The van der Waals surface area contributed by atoms with E-state index in [9.17, 15) is 13.9 Å². The molecule has 0 saturated carbocycles. The molecule has 8 nitrogen and oxygen atoms in total. The third-order valence-electron chi connectivity index (χ3n) is 6.20. The Morgan fingerprint density at radius 3 is 2.49 bits per heavy atom. The first-order valence-corrected chi connectivity index (χ1v) is 12.1. The maximum absolute atomic E-state index is 14.6. The Morgan fingerprint density at radius 1 is 1.17 bits per heavy atom. The predicted molar refractivity (Wildman–Crippen MR) is 126 cm³/mol. The smallest absolute Gasteiger partial charge is 0.229 e. The molecule has 1 fully saturated rings. The van der Waals surface area contributed by atoms with Gasteiger partial charge in [0, 0.05) is 37.6 Å². The SMILES string of the molecule is CCc1cnc(N2CCC(CCCOc3cc(F)c(-c4noc(CC(C)O)n4)c(F)c3)CC2)nc1. The number of hydrogen-bond donors (Lipinski definition) is 1. The molecule has 0 bridgehead atoms. The summed E-state index contributed by atoms with van der Waals surface area (Å²) in [6.45, 7) is 5.86. The van der Waals surface area contributed by atoms with Crippen LogP contribution in [0.3, 0.4) is 0 Å². The number of ether oxygens (including phenoxy) is 1. The molecule has 1 aromatic carbocycles. The standard InChI is InChI=1S/C25H31F2N5O3/c1-3-17-14-28-25(29-15-17)32-8-6-18(7-9-32)5-4-10-34-19-12-20(26)23(21(27)13-19)24-30-22(35-31-24)11-16(2)33/h12-16,18,33H,3-11H2,1-2H3. The number of nitrogens with zero attached hydrogens (tertiary/aromatic N) is 5. The third kappa shape index (κ3) is 6.50. The number of aryl methyl sites for hydroxylation is 1. The van der Waals surface area contributed by atoms with Crippen LogP contribution in [0.4, 0.5) is 14.7 Å². The molecule has 2 aromatic heterocycles. The summed E-state index contributed by atoms with van der Waals surface area (Å²) in [6, 6.07) is 2.26. The van der Waals surface area contributed by atoms with E-state index in [2.05, 4.69) is 31.9 Å². The summed E-state index contributed by atoms with van der Waals surface area (Å²) in [5.74, 6) is -0.246. The fourth-order valence-electron chi connectivity index (χ4n) is 4.22. The molecule has 1 aliphatic heterocycles. The summed E-state index contributed by atoms with van der Waals surface area (Å²) in [6.07, 6.45) is 8.01. The first kappa shape index (κ1) is 25.0. The summed E-state index contributed by atoms with van der Waals surface area (Å²) >= 11 is 0. The number of hydrogen-bond acceptors (Lipinski definition) is 8. The maximum Gasteiger partial charge on any atom is 0.229 e. The first-order chi connectivity index (χ1) is 16.9. The van der Waals surface area contributed by atoms with Crippen molar-refractivity contribution in [3.63, 3.8) is 0 Å². The molecule has 35 heavy (non-hydrogen) atoms. The van der Waals surface area contributed by atoms with Gasteiger partial charge in [0.05, 0.1) is 24.7 Å². The lowest BCUT2D eigenvalue weighted by Gasteiger charge is -2.32. The maximum atomic E-state index is 14.6. The molecule has 3 aromatic rings. The van der Waals surface area contributed by atoms with Crippen molar-refractivity contribution in [3.05, 3.63) is 47.6 Å². The van der Waals surface area contributed by atoms with Gasteiger partial charge in [0.1, 0.15) is 17.4 Å². The van der Waals surface area contributed by atoms with Crippen molar-refractivity contribution in [1.82, 2.24) is 20.1 Å². The van der Waals surface area contributed by atoms with E-state index in [0.717, 1.165) is 68.8 Å². The fraction of sp³-hybridized carbons (Fsp3) is 0.520. The molecular formula is C25H31F2N5O3. The van der Waals surface area contributed by atoms with Crippen molar-refractivity contribution in [2.75, 3.05) is 24.6 Å². The Labute approximate surface area is 203 Å². The average Bonchev–Trinajstić information content (AvgIpc) is 3.29. The van der Waals surface area contributed by atoms with Crippen LogP contribution in [0.1, 0.15) is 51.0 Å². The molecule has 0 spiro atoms. The van der Waals surface area contributed by atoms with Gasteiger partial charge in [-0.05, 0) is 50.5 Å². The van der Waals surface area contributed by atoms with Gasteiger partial charge in [0.2, 0.25) is 17.7 Å². The largest absolute Gasteiger partial charge is 0.493 e. The van der Waals surface area contributed by atoms with Gasteiger partial charge < -0.3 is 19.3 Å². The highest BCUT2D eigenvalue weighted by atomic mass is 19.1. The van der Waals surface area contributed by atoms with Crippen molar-refractivity contribution < 1.29 is 23.1 Å². The molecule has 0 radical (unpaired) electrons. The number of halogens is 2. The summed E-state index contributed by atoms with van der Waals surface area (Å²) in [5.41, 5.74) is 0.757. The van der Waals surface area contributed by atoms with Crippen LogP contribution in [0.5, 0.6) is 5.75 Å². The van der Waals surface area contributed by atoms with E-state index in [4.69, 9.17) is 9.26 Å². The lowest BCUT2D eigenvalue weighted by atomic mass is 9.92. The van der Waals surface area contributed by atoms with Crippen molar-refractivity contribution in [2.24, 2.45) is 5.92 Å². The van der Waals surface area contributed by atoms with Crippen LogP contribution < -0.4 is 9.64 Å². The van der Waals surface area contributed by atoms with E-state index in [1.807, 2.05) is 12.4 Å². The van der Waals surface area contributed by atoms with Gasteiger partial charge in [-0.25, -0.2) is 18.7 Å². The van der Waals surface area contributed by atoms with Crippen LogP contribution in [0.15, 0.2) is 29.0 Å². The van der Waals surface area contributed by atoms with Crippen LogP contribution in [0, 0.1) is 17.6 Å². The van der Waals surface area contributed by atoms with E-state index in [1.54, 1.807) is 6.92 Å². The van der Waals surface area contributed by atoms with Gasteiger partial charge in [0.15, 0.2) is 0 Å². The Hall–Kier alpha value is -3.14. The normalized spacial score (nSPS) is 15.4. The zero-order valence-corrected chi connectivity index (χ0v) is 20.1. The number of aliphatic hydroxyl groups is 1. The number of piperidine rings is 1. The lowest BCUT2D eigenvalue weighted by molar-refractivity contribution is 0.181. The zero-order valence-electron chi connectivity index (χ0n) is 20.1. The second-order valence-electron chi connectivity index (χ2n) is 8.99. The fourth-order valence-corrected chi connectivity index (χ4v) is 4.22. The summed E-state index contributed by atoms with van der Waals surface area (Å²) < 4.78 is 39.7. The van der Waals surface area contributed by atoms with E-state index in [0.29, 0.717) is 12.5 Å². The van der Waals surface area contributed by atoms with E-state index in [-0.39, 0.29) is 29.4 Å². The lowest BCUT2D eigenvalue weighted by Crippen LogP contribution is -2.35. The molecule has 1 saturated heterocycles. The summed E-state index contributed by atoms with van der Waals surface area (Å²) in [4.78, 5) is 15.1. The van der Waals surface area contributed by atoms with Crippen molar-refractivity contribution in [2.45, 2.75) is 58.5 Å². The Morgan fingerprint density at radius 2 is 1.86 bits per heavy atom. The zero-order chi connectivity index (χ0) is 24.8. The second kappa shape index (κ2) is 11.5. The summed E-state index contributed by atoms with van der Waals surface area (Å²) in [7, 11) is 0. The molecule has 1 aliphatic rings. The molecule has 10 heteroatoms. The quantitative estimate of drug-likeness (QED) is 0.421. The van der Waals surface area contributed by atoms with Gasteiger partial charge in [-0.1, -0.05) is 12.1 Å². The molecule has 188 valence electrons. The molecule has 0 aliphatic carbocycles. The van der Waals surface area contributed by atoms with E-state index < -0.39 is 17.7 Å². The Kier molecular flexibility index (Phi) is 8.22. The molecule has 3 heterocycles. The van der Waals surface area contributed by atoms with Crippen molar-refractivity contribution >= 4 is 5.95 Å². The topological polar surface area (TPSA) is 97.4 Å². The average molecular weight is 488 g/mol. The van der Waals surface area contributed by atoms with Gasteiger partial charge >= 0.3 is 0 Å². The highest BCUT2D eigenvalue weighted by Gasteiger charge is 2.22. The number of aromatic nitrogens is 4. The minimum absolute atomic E-state index is 0.107. The third-order valence-corrected chi connectivity index (χ3v) is 6.20. The van der Waals surface area contributed by atoms with Gasteiger partial charge in [-0.3, -0.25) is 0 Å². The van der Waals surface area contributed by atoms with E-state index in [1.165, 1.54) is 0 Å². The minimum Gasteiger partial charge on any atom is -0.493 e. The molecule has 0 amide bonds. The molecule has 4 rings (SSSR count). The molecule has 1 N–H and O–H groups in total. The van der Waals surface area contributed by atoms with Gasteiger partial charge in [-0.2, -0.15) is 4.98 Å². The van der Waals surface area contributed by atoms with Crippen molar-refractivity contribution in [1.29, 1.82) is 0 Å². The Bertz CT molecular complexity index is 1080. The molecule has 1 unspecified atom stereocenters. The number of benzene rings is 1. The highest BCUT2D eigenvalue weighted by molar-refractivity contribution is 5.58. The van der Waals surface area contributed by atoms with Gasteiger partial charge in [-0.15, -0.1) is 0 Å². The minimum atomic E-state index is -0.828. The second-order valence-corrected chi connectivity index (χ2v) is 8.99. The van der Waals surface area contributed by atoms with E-state index >= 15 is 0 Å². The molecule has 1 atom stereocenters. The highest BCUT2D eigenvalue weighted by Crippen LogP contribution is 2.29. The first-order valence-electron chi connectivity index (χ1n) is 12.1. The van der Waals surface area contributed by atoms with Crippen LogP contribution in [-0.2, 0) is 12.8 Å². The number of rotatable bonds is 10. The van der Waals surface area contributed by atoms with Gasteiger partial charge in [0.25, 0.3) is 0 Å². The van der Waals surface area contributed by atoms with Crippen LogP contribution in [0.2, 0.25) is 0 Å². The molecular weight excluding hydrogens is 456 g/mol. The van der Waals surface area contributed by atoms with Crippen LogP contribution in [0.25, 0.3) is 11.4 Å². The van der Waals surface area contributed by atoms with Crippen LogP contribution in [-0.4, -0.2) is 51.0 Å².